The molecule has 6 rings (SSSR count). The van der Waals surface area contributed by atoms with Gasteiger partial charge in [0.2, 0.25) is 0 Å². The Morgan fingerprint density at radius 1 is 0.535 bits per heavy atom. The van der Waals surface area contributed by atoms with Gasteiger partial charge in [0, 0.05) is 12.5 Å². The maximum Gasteiger partial charge on any atom is 0.157 e. The summed E-state index contributed by atoms with van der Waals surface area (Å²) in [6, 6.07) is 0. The van der Waals surface area contributed by atoms with Crippen LogP contribution in [0.4, 0.5) is 0 Å². The standard InChI is InChI=1S/C40H70O3/c1-28-31-19-12-13-21-34(31)39-32(28)22-16-23-35(39)37(41)25-9-7-5-3-2-4-6-8-14-26-43-40(42)36-24-15-18-30-27-29-17-10-11-20-33(29)38(30)36/h28-42H,2-27H2,1H3/t28?,29?,30?,31?,32?,33?,34?,35?,36?,37-,38?,39?,40?/m0/s1. The molecule has 43 heavy (non-hydrogen) atoms. The van der Waals surface area contributed by atoms with E-state index in [1.165, 1.54) is 148 Å². The second-order valence-electron chi connectivity index (χ2n) is 17.0. The average molecular weight is 599 g/mol. The lowest BCUT2D eigenvalue weighted by Gasteiger charge is -2.41. The topological polar surface area (TPSA) is 49.7 Å². The van der Waals surface area contributed by atoms with Gasteiger partial charge < -0.3 is 14.9 Å². The fourth-order valence-corrected chi connectivity index (χ4v) is 12.9. The molecule has 0 radical (unpaired) electrons. The summed E-state index contributed by atoms with van der Waals surface area (Å²) in [5.74, 6) is 9.05. The highest BCUT2D eigenvalue weighted by atomic mass is 16.6. The van der Waals surface area contributed by atoms with Crippen molar-refractivity contribution in [1.82, 2.24) is 0 Å². The average Bonchev–Trinajstić information content (AvgIpc) is 3.56. The molecule has 0 amide bonds. The highest BCUT2D eigenvalue weighted by Crippen LogP contribution is 2.60. The fraction of sp³-hybridized carbons (Fsp3) is 1.00. The third-order valence-electron chi connectivity index (χ3n) is 14.8. The number of rotatable bonds is 15. The number of aliphatic hydroxyl groups excluding tert-OH is 2. The number of hydrogen-bond acceptors (Lipinski definition) is 3. The highest BCUT2D eigenvalue weighted by molar-refractivity contribution is 5.02. The van der Waals surface area contributed by atoms with Crippen molar-refractivity contribution in [2.45, 2.75) is 180 Å². The van der Waals surface area contributed by atoms with E-state index < -0.39 is 6.29 Å². The number of aliphatic hydroxyl groups is 2. The first-order valence-corrected chi connectivity index (χ1v) is 20.1. The maximum absolute atomic E-state index is 11.3. The van der Waals surface area contributed by atoms with Crippen LogP contribution in [0.1, 0.15) is 167 Å². The van der Waals surface area contributed by atoms with Crippen LogP contribution < -0.4 is 0 Å². The summed E-state index contributed by atoms with van der Waals surface area (Å²) >= 11 is 0. The quantitative estimate of drug-likeness (QED) is 0.146. The van der Waals surface area contributed by atoms with E-state index in [-0.39, 0.29) is 6.10 Å². The Morgan fingerprint density at radius 3 is 1.91 bits per heavy atom. The van der Waals surface area contributed by atoms with Crippen LogP contribution in [0.2, 0.25) is 0 Å². The Morgan fingerprint density at radius 2 is 1.12 bits per heavy atom. The van der Waals surface area contributed by atoms with Crippen LogP contribution in [0, 0.1) is 65.1 Å². The normalized spacial score (nSPS) is 42.1. The molecule has 12 unspecified atom stereocenters. The summed E-state index contributed by atoms with van der Waals surface area (Å²) in [4.78, 5) is 0. The van der Waals surface area contributed by atoms with Gasteiger partial charge in [-0.3, -0.25) is 0 Å². The Hall–Kier alpha value is -0.120. The zero-order chi connectivity index (χ0) is 29.6. The Balaban J connectivity index is 0.783. The van der Waals surface area contributed by atoms with Crippen LogP contribution in [0.25, 0.3) is 0 Å². The van der Waals surface area contributed by atoms with Crippen molar-refractivity contribution >= 4 is 0 Å². The minimum Gasteiger partial charge on any atom is -0.393 e. The first kappa shape index (κ1) is 32.8. The number of ether oxygens (including phenoxy) is 1. The first-order valence-electron chi connectivity index (χ1n) is 20.1. The largest absolute Gasteiger partial charge is 0.393 e. The van der Waals surface area contributed by atoms with Crippen LogP contribution >= 0.6 is 0 Å². The molecule has 0 aromatic carbocycles. The summed E-state index contributed by atoms with van der Waals surface area (Å²) in [6.07, 6.45) is 33.0. The van der Waals surface area contributed by atoms with Crippen molar-refractivity contribution in [3.63, 3.8) is 0 Å². The third-order valence-corrected chi connectivity index (χ3v) is 14.8. The molecule has 2 N–H and O–H groups in total. The molecule has 6 aliphatic rings. The monoisotopic (exact) mass is 599 g/mol. The van der Waals surface area contributed by atoms with Crippen LogP contribution in [-0.2, 0) is 4.74 Å². The predicted molar refractivity (Wildman–Crippen MR) is 177 cm³/mol. The van der Waals surface area contributed by atoms with Gasteiger partial charge in [0.1, 0.15) is 0 Å². The lowest BCUT2D eigenvalue weighted by molar-refractivity contribution is -0.163. The van der Waals surface area contributed by atoms with E-state index in [1.54, 1.807) is 0 Å². The molecule has 6 saturated carbocycles. The molecule has 0 heterocycles. The predicted octanol–water partition coefficient (Wildman–Crippen LogP) is 10.3. The van der Waals surface area contributed by atoms with Gasteiger partial charge in [-0.2, -0.15) is 0 Å². The van der Waals surface area contributed by atoms with Gasteiger partial charge in [-0.1, -0.05) is 110 Å². The van der Waals surface area contributed by atoms with Crippen molar-refractivity contribution in [3.05, 3.63) is 0 Å². The molecular weight excluding hydrogens is 528 g/mol. The minimum absolute atomic E-state index is 0.0386. The van der Waals surface area contributed by atoms with E-state index >= 15 is 0 Å². The lowest BCUT2D eigenvalue weighted by atomic mass is 9.65. The number of unbranched alkanes of at least 4 members (excludes halogenated alkanes) is 8. The van der Waals surface area contributed by atoms with Gasteiger partial charge in [-0.05, 0) is 117 Å². The Kier molecular flexibility index (Phi) is 12.3. The molecule has 3 heteroatoms. The van der Waals surface area contributed by atoms with E-state index in [2.05, 4.69) is 6.92 Å². The highest BCUT2D eigenvalue weighted by Gasteiger charge is 2.53. The van der Waals surface area contributed by atoms with Gasteiger partial charge in [0.25, 0.3) is 0 Å². The Labute approximate surface area is 266 Å². The van der Waals surface area contributed by atoms with Crippen LogP contribution in [-0.4, -0.2) is 29.2 Å². The van der Waals surface area contributed by atoms with Crippen LogP contribution in [0.15, 0.2) is 0 Å². The van der Waals surface area contributed by atoms with Gasteiger partial charge >= 0.3 is 0 Å². The minimum atomic E-state index is -0.516. The molecule has 6 aliphatic carbocycles. The molecular formula is C40H70O3. The van der Waals surface area contributed by atoms with Crippen LogP contribution in [0.5, 0.6) is 0 Å². The molecule has 13 atom stereocenters. The zero-order valence-corrected chi connectivity index (χ0v) is 28.2. The van der Waals surface area contributed by atoms with Crippen molar-refractivity contribution in [2.75, 3.05) is 6.61 Å². The van der Waals surface area contributed by atoms with Gasteiger partial charge in [-0.15, -0.1) is 0 Å². The molecule has 3 nitrogen and oxygen atoms in total. The molecule has 0 bridgehead atoms. The van der Waals surface area contributed by atoms with E-state index in [4.69, 9.17) is 4.74 Å². The number of fused-ring (bicyclic) bond motifs is 6. The Bertz CT molecular complexity index is 814. The molecule has 0 saturated heterocycles. The smallest absolute Gasteiger partial charge is 0.157 e. The summed E-state index contributed by atoms with van der Waals surface area (Å²) < 4.78 is 6.09. The molecule has 248 valence electrons. The van der Waals surface area contributed by atoms with Crippen molar-refractivity contribution in [2.24, 2.45) is 65.1 Å². The fourth-order valence-electron chi connectivity index (χ4n) is 12.9. The summed E-state index contributed by atoms with van der Waals surface area (Å²) in [6.45, 7) is 3.31. The van der Waals surface area contributed by atoms with Crippen molar-refractivity contribution < 1.29 is 14.9 Å². The van der Waals surface area contributed by atoms with E-state index in [1.807, 2.05) is 0 Å². The first-order chi connectivity index (χ1) is 21.1. The lowest BCUT2D eigenvalue weighted by Crippen LogP contribution is -2.39. The van der Waals surface area contributed by atoms with E-state index in [0.717, 1.165) is 72.7 Å². The molecule has 0 aliphatic heterocycles. The van der Waals surface area contributed by atoms with Crippen molar-refractivity contribution in [3.8, 4) is 0 Å². The van der Waals surface area contributed by atoms with E-state index in [0.29, 0.717) is 11.8 Å². The SMILES string of the molecule is CC1C2CCCCC2C2C1CCCC2[C@@H](O)CCCCCCCCCCCOC(O)C1CCCC2CC3CCCCC3C21. The van der Waals surface area contributed by atoms with Crippen molar-refractivity contribution in [1.29, 1.82) is 0 Å². The van der Waals surface area contributed by atoms with Crippen LogP contribution in [0.3, 0.4) is 0 Å². The second kappa shape index (κ2) is 16.1. The van der Waals surface area contributed by atoms with Gasteiger partial charge in [0.05, 0.1) is 6.10 Å². The molecule has 0 aromatic heterocycles. The zero-order valence-electron chi connectivity index (χ0n) is 28.2. The molecule has 0 aromatic rings. The summed E-state index contributed by atoms with van der Waals surface area (Å²) in [5.41, 5.74) is 0. The third kappa shape index (κ3) is 7.72. The summed E-state index contributed by atoms with van der Waals surface area (Å²) in [7, 11) is 0. The maximum atomic E-state index is 11.3. The van der Waals surface area contributed by atoms with Gasteiger partial charge in [-0.25, -0.2) is 0 Å². The van der Waals surface area contributed by atoms with Gasteiger partial charge in [0.15, 0.2) is 6.29 Å². The molecule has 6 fully saturated rings. The second-order valence-corrected chi connectivity index (χ2v) is 17.0. The summed E-state index contributed by atoms with van der Waals surface area (Å²) in [5, 5.41) is 22.3. The number of hydrogen-bond donors (Lipinski definition) is 2. The molecule has 0 spiro atoms. The van der Waals surface area contributed by atoms with E-state index in [9.17, 15) is 10.2 Å².